The first-order chi connectivity index (χ1) is 6.68. The van der Waals surface area contributed by atoms with Crippen molar-refractivity contribution >= 4 is 5.91 Å². The van der Waals surface area contributed by atoms with Crippen LogP contribution in [-0.2, 0) is 4.79 Å². The van der Waals surface area contributed by atoms with E-state index in [0.29, 0.717) is 13.0 Å². The van der Waals surface area contributed by atoms with Crippen molar-refractivity contribution in [2.45, 2.75) is 50.3 Å². The molecule has 2 aliphatic rings. The number of amides is 1. The zero-order valence-electron chi connectivity index (χ0n) is 8.35. The van der Waals surface area contributed by atoms with Crippen LogP contribution in [0.25, 0.3) is 0 Å². The molecule has 3 N–H and O–H groups in total. The van der Waals surface area contributed by atoms with Gasteiger partial charge >= 0.3 is 0 Å². The number of hydrogen-bond acceptors (Lipinski definition) is 3. The highest BCUT2D eigenvalue weighted by molar-refractivity contribution is 5.79. The Balaban J connectivity index is 2.02. The lowest BCUT2D eigenvalue weighted by molar-refractivity contribution is -0.133. The van der Waals surface area contributed by atoms with E-state index in [-0.39, 0.29) is 24.1 Å². The van der Waals surface area contributed by atoms with Crippen molar-refractivity contribution in [2.75, 3.05) is 6.54 Å². The number of carbonyl (C=O) groups is 1. The third kappa shape index (κ3) is 1.77. The van der Waals surface area contributed by atoms with Crippen LogP contribution in [0.15, 0.2) is 0 Å². The number of aliphatic hydroxyl groups excluding tert-OH is 1. The van der Waals surface area contributed by atoms with Gasteiger partial charge in [-0.05, 0) is 12.8 Å². The normalized spacial score (nSPS) is 39.1. The Hall–Kier alpha value is -0.610. The second kappa shape index (κ2) is 3.87. The number of nitrogens with two attached hydrogens (primary N) is 1. The van der Waals surface area contributed by atoms with E-state index in [4.69, 9.17) is 5.73 Å². The number of aliphatic hydroxyl groups is 1. The van der Waals surface area contributed by atoms with Gasteiger partial charge in [-0.25, -0.2) is 0 Å². The topological polar surface area (TPSA) is 66.6 Å². The van der Waals surface area contributed by atoms with Gasteiger partial charge in [-0.3, -0.25) is 4.79 Å². The van der Waals surface area contributed by atoms with Crippen LogP contribution >= 0.6 is 0 Å². The molecule has 4 heteroatoms. The molecule has 2 rings (SSSR count). The van der Waals surface area contributed by atoms with Crippen LogP contribution < -0.4 is 5.73 Å². The summed E-state index contributed by atoms with van der Waals surface area (Å²) in [5.41, 5.74) is 5.72. The lowest BCUT2D eigenvalue weighted by atomic mass is 9.91. The minimum Gasteiger partial charge on any atom is -0.391 e. The van der Waals surface area contributed by atoms with Gasteiger partial charge in [-0.1, -0.05) is 12.8 Å². The molecule has 0 aromatic rings. The summed E-state index contributed by atoms with van der Waals surface area (Å²) in [6.07, 6.45) is 4.05. The molecule has 1 unspecified atom stereocenters. The summed E-state index contributed by atoms with van der Waals surface area (Å²) < 4.78 is 0. The second-order valence-corrected chi connectivity index (χ2v) is 4.43. The molecular weight excluding hydrogens is 180 g/mol. The first-order valence-corrected chi connectivity index (χ1v) is 5.41. The molecule has 1 aliphatic carbocycles. The van der Waals surface area contributed by atoms with Gasteiger partial charge in [0.25, 0.3) is 0 Å². The molecule has 1 saturated carbocycles. The third-order valence-corrected chi connectivity index (χ3v) is 3.28. The molecule has 1 heterocycles. The zero-order chi connectivity index (χ0) is 10.1. The second-order valence-electron chi connectivity index (χ2n) is 4.43. The van der Waals surface area contributed by atoms with Gasteiger partial charge in [0.1, 0.15) is 0 Å². The van der Waals surface area contributed by atoms with Crippen molar-refractivity contribution in [3.8, 4) is 0 Å². The quantitative estimate of drug-likeness (QED) is 0.615. The molecule has 80 valence electrons. The molecule has 0 spiro atoms. The Bertz CT molecular complexity index is 232. The molecule has 4 nitrogen and oxygen atoms in total. The van der Waals surface area contributed by atoms with E-state index >= 15 is 0 Å². The van der Waals surface area contributed by atoms with Crippen molar-refractivity contribution in [3.05, 3.63) is 0 Å². The Morgan fingerprint density at radius 3 is 2.64 bits per heavy atom. The molecule has 1 saturated heterocycles. The van der Waals surface area contributed by atoms with E-state index in [0.717, 1.165) is 25.7 Å². The predicted octanol–water partition coefficient (Wildman–Crippen LogP) is -0.151. The molecule has 0 aromatic heterocycles. The van der Waals surface area contributed by atoms with E-state index < -0.39 is 0 Å². The molecule has 1 aliphatic heterocycles. The Kier molecular flexibility index (Phi) is 2.74. The van der Waals surface area contributed by atoms with E-state index in [9.17, 15) is 9.90 Å². The maximum Gasteiger partial charge on any atom is 0.224 e. The fourth-order valence-electron chi connectivity index (χ4n) is 2.54. The molecule has 14 heavy (non-hydrogen) atoms. The predicted molar refractivity (Wildman–Crippen MR) is 52.6 cm³/mol. The highest BCUT2D eigenvalue weighted by Crippen LogP contribution is 2.26. The summed E-state index contributed by atoms with van der Waals surface area (Å²) in [5, 5.41) is 9.80. The van der Waals surface area contributed by atoms with Gasteiger partial charge in [0, 0.05) is 19.0 Å². The summed E-state index contributed by atoms with van der Waals surface area (Å²) in [5.74, 6) is 0.114. The molecular formula is C10H18N2O2. The van der Waals surface area contributed by atoms with Gasteiger partial charge in [0.05, 0.1) is 12.1 Å². The number of carbonyl (C=O) groups excluding carboxylic acids is 1. The molecule has 3 atom stereocenters. The number of likely N-dealkylation sites (tertiary alicyclic amines) is 1. The molecule has 0 aromatic carbocycles. The molecule has 0 bridgehead atoms. The summed E-state index contributed by atoms with van der Waals surface area (Å²) in [6, 6.07) is 0.00132. The highest BCUT2D eigenvalue weighted by atomic mass is 16.3. The minimum atomic E-state index is -0.335. The van der Waals surface area contributed by atoms with E-state index in [1.807, 2.05) is 0 Å². The van der Waals surface area contributed by atoms with Crippen LogP contribution in [0.4, 0.5) is 0 Å². The van der Waals surface area contributed by atoms with Crippen LogP contribution in [-0.4, -0.2) is 40.6 Å². The van der Waals surface area contributed by atoms with Crippen LogP contribution in [0.1, 0.15) is 32.1 Å². The Morgan fingerprint density at radius 2 is 2.07 bits per heavy atom. The smallest absolute Gasteiger partial charge is 0.224 e. The third-order valence-electron chi connectivity index (χ3n) is 3.28. The number of rotatable bonds is 1. The fourth-order valence-corrected chi connectivity index (χ4v) is 2.54. The van der Waals surface area contributed by atoms with Crippen LogP contribution in [0.5, 0.6) is 0 Å². The largest absolute Gasteiger partial charge is 0.391 e. The summed E-state index contributed by atoms with van der Waals surface area (Å²) in [7, 11) is 0. The van der Waals surface area contributed by atoms with Gasteiger partial charge in [-0.2, -0.15) is 0 Å². The van der Waals surface area contributed by atoms with Crippen molar-refractivity contribution in [2.24, 2.45) is 5.73 Å². The average molecular weight is 198 g/mol. The van der Waals surface area contributed by atoms with Crippen molar-refractivity contribution in [3.63, 3.8) is 0 Å². The minimum absolute atomic E-state index is 0.0309. The van der Waals surface area contributed by atoms with Gasteiger partial charge in [-0.15, -0.1) is 0 Å². The van der Waals surface area contributed by atoms with E-state index in [2.05, 4.69) is 0 Å². The zero-order valence-corrected chi connectivity index (χ0v) is 8.35. The molecule has 0 radical (unpaired) electrons. The van der Waals surface area contributed by atoms with Crippen LogP contribution in [0.2, 0.25) is 0 Å². The fraction of sp³-hybridized carbons (Fsp3) is 0.900. The Labute approximate surface area is 84.1 Å². The summed E-state index contributed by atoms with van der Waals surface area (Å²) >= 11 is 0. The SMILES string of the molecule is NC1CC(=O)N([C@H]2CCCC[C@@H]2O)C1. The average Bonchev–Trinajstić information content (AvgIpc) is 2.46. The summed E-state index contributed by atoms with van der Waals surface area (Å²) in [6.45, 7) is 0.626. The molecule has 1 amide bonds. The maximum absolute atomic E-state index is 11.6. The standard InChI is InChI=1S/C10H18N2O2/c11-7-5-10(14)12(6-7)8-3-1-2-4-9(8)13/h7-9,13H,1-6,11H2/t7?,8-,9-/m0/s1. The highest BCUT2D eigenvalue weighted by Gasteiger charge is 2.36. The van der Waals surface area contributed by atoms with Crippen LogP contribution in [0, 0.1) is 0 Å². The van der Waals surface area contributed by atoms with Gasteiger partial charge in [0.15, 0.2) is 0 Å². The first kappa shape index (κ1) is 9.93. The van der Waals surface area contributed by atoms with Gasteiger partial charge < -0.3 is 15.7 Å². The number of hydrogen-bond donors (Lipinski definition) is 2. The van der Waals surface area contributed by atoms with E-state index in [1.165, 1.54) is 0 Å². The van der Waals surface area contributed by atoms with Crippen molar-refractivity contribution in [1.82, 2.24) is 4.90 Å². The van der Waals surface area contributed by atoms with Crippen molar-refractivity contribution in [1.29, 1.82) is 0 Å². The van der Waals surface area contributed by atoms with E-state index in [1.54, 1.807) is 4.90 Å². The molecule has 2 fully saturated rings. The first-order valence-electron chi connectivity index (χ1n) is 5.41. The maximum atomic E-state index is 11.6. The lowest BCUT2D eigenvalue weighted by Crippen LogP contribution is -2.46. The summed E-state index contributed by atoms with van der Waals surface area (Å²) in [4.78, 5) is 13.4. The monoisotopic (exact) mass is 198 g/mol. The Morgan fingerprint density at radius 1 is 1.36 bits per heavy atom. The number of nitrogens with zero attached hydrogens (tertiary/aromatic N) is 1. The van der Waals surface area contributed by atoms with Crippen molar-refractivity contribution < 1.29 is 9.90 Å². The lowest BCUT2D eigenvalue weighted by Gasteiger charge is -2.35. The van der Waals surface area contributed by atoms with Gasteiger partial charge in [0.2, 0.25) is 5.91 Å². The van der Waals surface area contributed by atoms with Crippen LogP contribution in [0.3, 0.4) is 0 Å².